The summed E-state index contributed by atoms with van der Waals surface area (Å²) < 4.78 is 7.20. The van der Waals surface area contributed by atoms with E-state index in [1.54, 1.807) is 7.11 Å². The van der Waals surface area contributed by atoms with Gasteiger partial charge in [-0.15, -0.1) is 15.3 Å². The van der Waals surface area contributed by atoms with Crippen molar-refractivity contribution in [2.75, 3.05) is 19.0 Å². The van der Waals surface area contributed by atoms with E-state index in [2.05, 4.69) is 59.6 Å². The van der Waals surface area contributed by atoms with Gasteiger partial charge in [-0.1, -0.05) is 32.9 Å². The van der Waals surface area contributed by atoms with Crippen LogP contribution < -0.4 is 10.1 Å². The van der Waals surface area contributed by atoms with Gasteiger partial charge in [0.15, 0.2) is 11.5 Å². The Morgan fingerprint density at radius 3 is 2.64 bits per heavy atom. The van der Waals surface area contributed by atoms with Crippen LogP contribution in [-0.2, 0) is 11.8 Å². The Kier molecular flexibility index (Phi) is 4.61. The van der Waals surface area contributed by atoms with Crippen LogP contribution in [0.1, 0.15) is 37.7 Å². The van der Waals surface area contributed by atoms with Crippen molar-refractivity contribution in [1.29, 1.82) is 0 Å². The van der Waals surface area contributed by atoms with Crippen molar-refractivity contribution in [3.05, 3.63) is 47.3 Å². The number of nitrogens with one attached hydrogen (secondary N) is 1. The summed E-state index contributed by atoms with van der Waals surface area (Å²) in [5.41, 5.74) is 3.03. The Morgan fingerprint density at radius 1 is 1.12 bits per heavy atom. The first-order valence-electron chi connectivity index (χ1n) is 8.49. The van der Waals surface area contributed by atoms with Crippen LogP contribution in [0.2, 0.25) is 0 Å². The van der Waals surface area contributed by atoms with E-state index < -0.39 is 0 Å². The van der Waals surface area contributed by atoms with Crippen LogP contribution in [0.25, 0.3) is 5.65 Å². The number of fused-ring (bicyclic) bond motifs is 1. The highest BCUT2D eigenvalue weighted by atomic mass is 16.5. The third-order valence-corrected chi connectivity index (χ3v) is 4.13. The Balaban J connectivity index is 1.71. The second kappa shape index (κ2) is 6.70. The number of aromatic nitrogens is 4. The van der Waals surface area contributed by atoms with Gasteiger partial charge >= 0.3 is 0 Å². The molecule has 0 aliphatic carbocycles. The number of aryl methyl sites for hydroxylation is 1. The molecule has 2 heterocycles. The molecule has 0 fully saturated rings. The van der Waals surface area contributed by atoms with Crippen molar-refractivity contribution in [3.63, 3.8) is 0 Å². The third-order valence-electron chi connectivity index (χ3n) is 4.13. The zero-order chi connectivity index (χ0) is 18.0. The number of benzene rings is 1. The molecule has 1 N–H and O–H groups in total. The van der Waals surface area contributed by atoms with Crippen LogP contribution in [0.3, 0.4) is 0 Å². The average Bonchev–Trinajstić information content (AvgIpc) is 3.00. The quantitative estimate of drug-likeness (QED) is 0.772. The zero-order valence-corrected chi connectivity index (χ0v) is 15.5. The van der Waals surface area contributed by atoms with Crippen molar-refractivity contribution >= 4 is 11.5 Å². The third kappa shape index (κ3) is 3.73. The van der Waals surface area contributed by atoms with Crippen LogP contribution in [0.4, 0.5) is 5.82 Å². The first-order valence-corrected chi connectivity index (χ1v) is 8.49. The molecule has 0 spiro atoms. The first-order chi connectivity index (χ1) is 11.9. The van der Waals surface area contributed by atoms with Gasteiger partial charge in [-0.2, -0.15) is 4.52 Å². The Labute approximate surface area is 148 Å². The second-order valence-corrected chi connectivity index (χ2v) is 7.24. The molecule has 6 nitrogen and oxygen atoms in total. The molecule has 25 heavy (non-hydrogen) atoms. The molecule has 3 aromatic rings. The highest BCUT2D eigenvalue weighted by Crippen LogP contribution is 2.21. The van der Waals surface area contributed by atoms with E-state index >= 15 is 0 Å². The summed E-state index contributed by atoms with van der Waals surface area (Å²) in [7, 11) is 1.70. The van der Waals surface area contributed by atoms with Gasteiger partial charge in [-0.05, 0) is 42.7 Å². The smallest absolute Gasteiger partial charge is 0.178 e. The molecule has 3 rings (SSSR count). The van der Waals surface area contributed by atoms with Crippen LogP contribution >= 0.6 is 0 Å². The highest BCUT2D eigenvalue weighted by Gasteiger charge is 2.21. The van der Waals surface area contributed by atoms with E-state index in [4.69, 9.17) is 4.74 Å². The Morgan fingerprint density at radius 2 is 1.92 bits per heavy atom. The van der Waals surface area contributed by atoms with E-state index in [0.717, 1.165) is 41.6 Å². The minimum Gasteiger partial charge on any atom is -0.496 e. The van der Waals surface area contributed by atoms with Crippen LogP contribution in [-0.4, -0.2) is 33.5 Å². The molecule has 6 heteroatoms. The SMILES string of the molecule is COc1cc(CCNc2ccc3nnc(C(C)(C)C)n3n2)ccc1C. The largest absolute Gasteiger partial charge is 0.496 e. The fraction of sp³-hybridized carbons (Fsp3) is 0.421. The molecule has 132 valence electrons. The average molecular weight is 339 g/mol. The molecule has 2 aromatic heterocycles. The number of anilines is 1. The van der Waals surface area contributed by atoms with Crippen molar-refractivity contribution in [2.45, 2.75) is 39.5 Å². The van der Waals surface area contributed by atoms with Gasteiger partial charge in [0.05, 0.1) is 7.11 Å². The van der Waals surface area contributed by atoms with Crippen molar-refractivity contribution in [1.82, 2.24) is 19.8 Å². The first kappa shape index (κ1) is 17.2. The molecule has 0 aliphatic heterocycles. The van der Waals surface area contributed by atoms with Gasteiger partial charge in [-0.25, -0.2) is 0 Å². The van der Waals surface area contributed by atoms with Gasteiger partial charge < -0.3 is 10.1 Å². The maximum atomic E-state index is 5.38. The van der Waals surface area contributed by atoms with Crippen molar-refractivity contribution < 1.29 is 4.74 Å². The number of hydrogen-bond acceptors (Lipinski definition) is 5. The van der Waals surface area contributed by atoms with E-state index in [0.29, 0.717) is 0 Å². The standard InChI is InChI=1S/C19H25N5O/c1-13-6-7-14(12-15(13)25-5)10-11-20-16-8-9-17-21-22-18(19(2,3)4)24(17)23-16/h6-9,12H,10-11H2,1-5H3,(H,20,23). The normalized spacial score (nSPS) is 11.7. The summed E-state index contributed by atoms with van der Waals surface area (Å²) in [5, 5.41) is 16.5. The van der Waals surface area contributed by atoms with E-state index in [-0.39, 0.29) is 5.41 Å². The summed E-state index contributed by atoms with van der Waals surface area (Å²) in [4.78, 5) is 0. The molecular weight excluding hydrogens is 314 g/mol. The van der Waals surface area contributed by atoms with E-state index in [1.165, 1.54) is 5.56 Å². The summed E-state index contributed by atoms with van der Waals surface area (Å²) in [5.74, 6) is 2.60. The lowest BCUT2D eigenvalue weighted by molar-refractivity contribution is 0.411. The lowest BCUT2D eigenvalue weighted by Crippen LogP contribution is -2.18. The Bertz CT molecular complexity index is 879. The lowest BCUT2D eigenvalue weighted by Gasteiger charge is -2.15. The van der Waals surface area contributed by atoms with Crippen LogP contribution in [0.5, 0.6) is 5.75 Å². The fourth-order valence-electron chi connectivity index (χ4n) is 2.71. The van der Waals surface area contributed by atoms with Crippen molar-refractivity contribution in [2.24, 2.45) is 0 Å². The molecule has 1 aromatic carbocycles. The minimum atomic E-state index is -0.108. The molecule has 0 bridgehead atoms. The number of nitrogens with zero attached hydrogens (tertiary/aromatic N) is 4. The minimum absolute atomic E-state index is 0.108. The number of hydrogen-bond donors (Lipinski definition) is 1. The maximum absolute atomic E-state index is 5.38. The summed E-state index contributed by atoms with van der Waals surface area (Å²) in [6.45, 7) is 9.16. The molecule has 0 aliphatic rings. The number of rotatable bonds is 5. The monoisotopic (exact) mass is 339 g/mol. The zero-order valence-electron chi connectivity index (χ0n) is 15.5. The topological polar surface area (TPSA) is 64.3 Å². The number of ether oxygens (including phenoxy) is 1. The highest BCUT2D eigenvalue weighted by molar-refractivity contribution is 5.44. The molecule has 0 saturated carbocycles. The van der Waals surface area contributed by atoms with Crippen molar-refractivity contribution in [3.8, 4) is 5.75 Å². The van der Waals surface area contributed by atoms with Gasteiger partial charge in [0.1, 0.15) is 11.6 Å². The maximum Gasteiger partial charge on any atom is 0.178 e. The molecule has 0 amide bonds. The van der Waals surface area contributed by atoms with Crippen LogP contribution in [0.15, 0.2) is 30.3 Å². The van der Waals surface area contributed by atoms with E-state index in [1.807, 2.05) is 23.6 Å². The summed E-state index contributed by atoms with van der Waals surface area (Å²) >= 11 is 0. The predicted octanol–water partition coefficient (Wildman–Crippen LogP) is 3.39. The molecule has 0 unspecified atom stereocenters. The summed E-state index contributed by atoms with van der Waals surface area (Å²) in [6.07, 6.45) is 0.894. The molecule has 0 radical (unpaired) electrons. The second-order valence-electron chi connectivity index (χ2n) is 7.24. The Hall–Kier alpha value is -2.63. The van der Waals surface area contributed by atoms with E-state index in [9.17, 15) is 0 Å². The molecular formula is C19H25N5O. The molecule has 0 saturated heterocycles. The number of methoxy groups -OCH3 is 1. The molecule has 0 atom stereocenters. The lowest BCUT2D eigenvalue weighted by atomic mass is 9.96. The summed E-state index contributed by atoms with van der Waals surface area (Å²) in [6, 6.07) is 10.2. The van der Waals surface area contributed by atoms with Gasteiger partial charge in [0, 0.05) is 12.0 Å². The van der Waals surface area contributed by atoms with Gasteiger partial charge in [-0.3, -0.25) is 0 Å². The van der Waals surface area contributed by atoms with Crippen LogP contribution in [0, 0.1) is 6.92 Å². The fourth-order valence-corrected chi connectivity index (χ4v) is 2.71. The predicted molar refractivity (Wildman–Crippen MR) is 99.4 cm³/mol. The van der Waals surface area contributed by atoms with Gasteiger partial charge in [0.25, 0.3) is 0 Å². The van der Waals surface area contributed by atoms with Gasteiger partial charge in [0.2, 0.25) is 0 Å².